The number of aromatic nitrogens is 1. The summed E-state index contributed by atoms with van der Waals surface area (Å²) in [6.45, 7) is 0. The van der Waals surface area contributed by atoms with Gasteiger partial charge >= 0.3 is 0 Å². The first kappa shape index (κ1) is 9.98. The first-order chi connectivity index (χ1) is 7.35. The summed E-state index contributed by atoms with van der Waals surface area (Å²) in [5, 5.41) is 13.5. The minimum absolute atomic E-state index is 0.837. The third-order valence-electron chi connectivity index (χ3n) is 2.11. The lowest BCUT2D eigenvalue weighted by molar-refractivity contribution is 0.321. The molecule has 1 N–H and O–H groups in total. The van der Waals surface area contributed by atoms with E-state index in [1.54, 1.807) is 0 Å². The quantitative estimate of drug-likeness (QED) is 0.365. The smallest absolute Gasteiger partial charge is 0.105 e. The first-order valence-corrected chi connectivity index (χ1v) is 5.69. The zero-order valence-electron chi connectivity index (χ0n) is 8.21. The number of nitrogens with zero attached hydrogens (tertiary/aromatic N) is 2. The van der Waals surface area contributed by atoms with Crippen molar-refractivity contribution in [1.29, 1.82) is 0 Å². The van der Waals surface area contributed by atoms with Gasteiger partial charge in [0.2, 0.25) is 0 Å². The number of oxime groups is 1. The highest BCUT2D eigenvalue weighted by molar-refractivity contribution is 7.98. The Hall–Kier alpha value is -1.55. The Balaban J connectivity index is 2.69. The molecule has 0 aliphatic carbocycles. The van der Waals surface area contributed by atoms with Gasteiger partial charge in [0, 0.05) is 10.9 Å². The van der Waals surface area contributed by atoms with Crippen LogP contribution >= 0.6 is 11.8 Å². The number of rotatable bonds is 2. The van der Waals surface area contributed by atoms with E-state index in [2.05, 4.69) is 10.1 Å². The summed E-state index contributed by atoms with van der Waals surface area (Å²) in [5.41, 5.74) is 1.79. The minimum atomic E-state index is 0.837. The van der Waals surface area contributed by atoms with E-state index in [4.69, 9.17) is 5.21 Å². The molecule has 0 amide bonds. The van der Waals surface area contributed by atoms with Crippen LogP contribution in [0.15, 0.2) is 40.5 Å². The molecule has 76 valence electrons. The van der Waals surface area contributed by atoms with E-state index in [-0.39, 0.29) is 0 Å². The summed E-state index contributed by atoms with van der Waals surface area (Å²) in [4.78, 5) is 4.47. The zero-order chi connectivity index (χ0) is 10.7. The lowest BCUT2D eigenvalue weighted by atomic mass is 10.2. The molecule has 0 fully saturated rings. The van der Waals surface area contributed by atoms with E-state index in [1.165, 1.54) is 18.0 Å². The first-order valence-electron chi connectivity index (χ1n) is 4.46. The van der Waals surface area contributed by atoms with Crippen LogP contribution in [0.2, 0.25) is 0 Å². The van der Waals surface area contributed by atoms with E-state index in [9.17, 15) is 0 Å². The summed E-state index contributed by atoms with van der Waals surface area (Å²) in [7, 11) is 0. The predicted octanol–water partition coefficient (Wildman–Crippen LogP) is 2.76. The van der Waals surface area contributed by atoms with Crippen molar-refractivity contribution in [2.45, 2.75) is 5.03 Å². The lowest BCUT2D eigenvalue weighted by Gasteiger charge is -2.03. The van der Waals surface area contributed by atoms with Crippen LogP contribution in [0.4, 0.5) is 0 Å². The van der Waals surface area contributed by atoms with Crippen molar-refractivity contribution in [3.05, 3.63) is 35.9 Å². The summed E-state index contributed by atoms with van der Waals surface area (Å²) in [6, 6.07) is 9.84. The predicted molar refractivity (Wildman–Crippen MR) is 62.9 cm³/mol. The largest absolute Gasteiger partial charge is 0.411 e. The van der Waals surface area contributed by atoms with Crippen molar-refractivity contribution in [3.8, 4) is 0 Å². The van der Waals surface area contributed by atoms with E-state index < -0.39 is 0 Å². The Kier molecular flexibility index (Phi) is 2.87. The molecular weight excluding hydrogens is 208 g/mol. The lowest BCUT2D eigenvalue weighted by Crippen LogP contribution is -1.91. The highest BCUT2D eigenvalue weighted by Crippen LogP contribution is 2.21. The van der Waals surface area contributed by atoms with E-state index in [1.807, 2.05) is 36.6 Å². The summed E-state index contributed by atoms with van der Waals surface area (Å²) >= 11 is 1.54. The van der Waals surface area contributed by atoms with Crippen molar-refractivity contribution in [1.82, 2.24) is 4.98 Å². The summed E-state index contributed by atoms with van der Waals surface area (Å²) in [6.07, 6.45) is 3.36. The molecule has 0 bridgehead atoms. The number of hydrogen-bond donors (Lipinski definition) is 1. The minimum Gasteiger partial charge on any atom is -0.411 e. The molecule has 0 saturated carbocycles. The fourth-order valence-electron chi connectivity index (χ4n) is 1.43. The normalized spacial score (nSPS) is 11.3. The molecule has 0 spiro atoms. The number of pyridine rings is 1. The average molecular weight is 218 g/mol. The Bertz CT molecular complexity index is 511. The van der Waals surface area contributed by atoms with Crippen molar-refractivity contribution < 1.29 is 5.21 Å². The molecule has 15 heavy (non-hydrogen) atoms. The maximum absolute atomic E-state index is 8.54. The van der Waals surface area contributed by atoms with Gasteiger partial charge in [-0.15, -0.1) is 11.8 Å². The SMILES string of the molecule is CSc1nc2ccccc2cc1/C=N\O. The Morgan fingerprint density at radius 2 is 2.20 bits per heavy atom. The number of thioether (sulfide) groups is 1. The van der Waals surface area contributed by atoms with Gasteiger partial charge in [0.05, 0.1) is 11.7 Å². The van der Waals surface area contributed by atoms with Crippen LogP contribution in [-0.4, -0.2) is 22.7 Å². The van der Waals surface area contributed by atoms with Gasteiger partial charge < -0.3 is 5.21 Å². The molecule has 4 heteroatoms. The summed E-state index contributed by atoms with van der Waals surface area (Å²) < 4.78 is 0. The van der Waals surface area contributed by atoms with E-state index in [0.717, 1.165) is 21.5 Å². The van der Waals surface area contributed by atoms with Gasteiger partial charge in [-0.05, 0) is 18.4 Å². The molecule has 0 aliphatic rings. The molecule has 2 aromatic rings. The standard InChI is InChI=1S/C11H10N2OS/c1-15-11-9(7-12-14)6-8-4-2-3-5-10(8)13-11/h2-7,14H,1H3/b12-7-. The van der Waals surface area contributed by atoms with Crippen molar-refractivity contribution in [2.75, 3.05) is 6.26 Å². The maximum Gasteiger partial charge on any atom is 0.105 e. The van der Waals surface area contributed by atoms with Crippen molar-refractivity contribution in [3.63, 3.8) is 0 Å². The monoisotopic (exact) mass is 218 g/mol. The molecule has 0 atom stereocenters. The third-order valence-corrected chi connectivity index (χ3v) is 2.82. The number of fused-ring (bicyclic) bond motifs is 1. The van der Waals surface area contributed by atoms with Gasteiger partial charge in [-0.25, -0.2) is 4.98 Å². The van der Waals surface area contributed by atoms with E-state index in [0.29, 0.717) is 0 Å². The number of para-hydroxylation sites is 1. The highest BCUT2D eigenvalue weighted by Gasteiger charge is 2.03. The Labute approximate surface area is 91.8 Å². The molecular formula is C11H10N2OS. The second-order valence-corrected chi connectivity index (χ2v) is 3.82. The van der Waals surface area contributed by atoms with E-state index >= 15 is 0 Å². The second-order valence-electron chi connectivity index (χ2n) is 3.02. The molecule has 2 rings (SSSR count). The van der Waals surface area contributed by atoms with Crippen molar-refractivity contribution in [2.24, 2.45) is 5.16 Å². The van der Waals surface area contributed by atoms with Gasteiger partial charge in [0.1, 0.15) is 5.03 Å². The Morgan fingerprint density at radius 1 is 1.40 bits per heavy atom. The van der Waals surface area contributed by atoms with Crippen LogP contribution in [0.3, 0.4) is 0 Å². The van der Waals surface area contributed by atoms with Gasteiger partial charge in [-0.2, -0.15) is 0 Å². The number of benzene rings is 1. The topological polar surface area (TPSA) is 45.5 Å². The molecule has 0 saturated heterocycles. The molecule has 0 radical (unpaired) electrons. The van der Waals surface area contributed by atoms with Crippen LogP contribution in [0.25, 0.3) is 10.9 Å². The number of hydrogen-bond acceptors (Lipinski definition) is 4. The Morgan fingerprint density at radius 3 is 2.93 bits per heavy atom. The average Bonchev–Trinajstić information content (AvgIpc) is 2.28. The molecule has 1 heterocycles. The fourth-order valence-corrected chi connectivity index (χ4v) is 1.97. The zero-order valence-corrected chi connectivity index (χ0v) is 9.03. The van der Waals surface area contributed by atoms with Gasteiger partial charge in [0.15, 0.2) is 0 Å². The third kappa shape index (κ3) is 1.94. The van der Waals surface area contributed by atoms with Gasteiger partial charge in [0.25, 0.3) is 0 Å². The van der Waals surface area contributed by atoms with Gasteiger partial charge in [-0.3, -0.25) is 0 Å². The molecule has 1 aromatic carbocycles. The van der Waals surface area contributed by atoms with Crippen LogP contribution in [0.5, 0.6) is 0 Å². The van der Waals surface area contributed by atoms with Crippen LogP contribution < -0.4 is 0 Å². The van der Waals surface area contributed by atoms with Gasteiger partial charge in [-0.1, -0.05) is 23.4 Å². The maximum atomic E-state index is 8.54. The van der Waals surface area contributed by atoms with Crippen LogP contribution in [-0.2, 0) is 0 Å². The fraction of sp³-hybridized carbons (Fsp3) is 0.0909. The van der Waals surface area contributed by atoms with Crippen LogP contribution in [0.1, 0.15) is 5.56 Å². The summed E-state index contributed by atoms with van der Waals surface area (Å²) in [5.74, 6) is 0. The molecule has 3 nitrogen and oxygen atoms in total. The highest BCUT2D eigenvalue weighted by atomic mass is 32.2. The van der Waals surface area contributed by atoms with Crippen molar-refractivity contribution >= 4 is 28.9 Å². The molecule has 0 aliphatic heterocycles. The van der Waals surface area contributed by atoms with Crippen LogP contribution in [0, 0.1) is 0 Å². The molecule has 1 aromatic heterocycles. The second kappa shape index (κ2) is 4.31. The molecule has 0 unspecified atom stereocenters.